The molecular formula is C9H11ClO4S. The van der Waals surface area contributed by atoms with Crippen LogP contribution in [0.5, 0.6) is 0 Å². The molecule has 4 nitrogen and oxygen atoms in total. The summed E-state index contributed by atoms with van der Waals surface area (Å²) in [6.45, 7) is 0. The van der Waals surface area contributed by atoms with E-state index in [2.05, 4.69) is 0 Å². The Kier molecular flexibility index (Phi) is 5.32. The minimum Gasteiger partial charge on any atom is -0.478 e. The van der Waals surface area contributed by atoms with E-state index in [9.17, 15) is 13.2 Å². The van der Waals surface area contributed by atoms with E-state index >= 15 is 0 Å². The van der Waals surface area contributed by atoms with Gasteiger partial charge in [-0.25, -0.2) is 13.2 Å². The molecule has 0 atom stereocenters. The first-order valence-corrected chi connectivity index (χ1v) is 6.52. The summed E-state index contributed by atoms with van der Waals surface area (Å²) in [6, 6.07) is 6.14. The lowest BCUT2D eigenvalue weighted by atomic mass is 10.2. The second-order valence-corrected chi connectivity index (χ2v) is 5.68. The summed E-state index contributed by atoms with van der Waals surface area (Å²) < 4.78 is 19.3. The standard InChI is InChI=1S/C7H5ClO2.C2H6O2S/c8-6-3-1-2-5(4-6)7(9)10;1-5(2,3)4/h1-4H,(H,9,10);1-2H3. The van der Waals surface area contributed by atoms with E-state index in [1.165, 1.54) is 12.1 Å². The zero-order valence-corrected chi connectivity index (χ0v) is 9.84. The van der Waals surface area contributed by atoms with Gasteiger partial charge < -0.3 is 5.11 Å². The molecule has 0 heterocycles. The zero-order valence-electron chi connectivity index (χ0n) is 8.27. The number of sulfone groups is 1. The molecular weight excluding hydrogens is 240 g/mol. The van der Waals surface area contributed by atoms with Crippen LogP contribution in [0.4, 0.5) is 0 Å². The highest BCUT2D eigenvalue weighted by atomic mass is 35.5. The smallest absolute Gasteiger partial charge is 0.335 e. The molecule has 1 aromatic rings. The molecule has 1 rings (SSSR count). The van der Waals surface area contributed by atoms with E-state index in [1.54, 1.807) is 12.1 Å². The van der Waals surface area contributed by atoms with Crippen LogP contribution in [-0.4, -0.2) is 32.0 Å². The van der Waals surface area contributed by atoms with Crippen molar-refractivity contribution in [3.05, 3.63) is 34.9 Å². The number of hydrogen-bond acceptors (Lipinski definition) is 3. The normalized spacial score (nSPS) is 10.1. The van der Waals surface area contributed by atoms with Crippen LogP contribution in [0.15, 0.2) is 24.3 Å². The fourth-order valence-corrected chi connectivity index (χ4v) is 0.812. The van der Waals surface area contributed by atoms with Crippen LogP contribution in [0, 0.1) is 0 Å². The molecule has 1 aromatic carbocycles. The molecule has 15 heavy (non-hydrogen) atoms. The Balaban J connectivity index is 0.000000336. The molecule has 0 aromatic heterocycles. The maximum absolute atomic E-state index is 10.3. The van der Waals surface area contributed by atoms with E-state index in [1.807, 2.05) is 0 Å². The van der Waals surface area contributed by atoms with Gasteiger partial charge >= 0.3 is 5.97 Å². The average molecular weight is 251 g/mol. The molecule has 84 valence electrons. The lowest BCUT2D eigenvalue weighted by molar-refractivity contribution is 0.0697. The van der Waals surface area contributed by atoms with Crippen molar-refractivity contribution in [2.24, 2.45) is 0 Å². The number of carboxylic acids is 1. The first-order valence-electron chi connectivity index (χ1n) is 3.84. The maximum Gasteiger partial charge on any atom is 0.335 e. The predicted octanol–water partition coefficient (Wildman–Crippen LogP) is 1.70. The van der Waals surface area contributed by atoms with Gasteiger partial charge in [-0.1, -0.05) is 17.7 Å². The summed E-state index contributed by atoms with van der Waals surface area (Å²) >= 11 is 5.53. The Morgan fingerprint density at radius 3 is 2.07 bits per heavy atom. The van der Waals surface area contributed by atoms with Gasteiger partial charge in [-0.05, 0) is 18.2 Å². The van der Waals surface area contributed by atoms with Gasteiger partial charge in [-0.3, -0.25) is 0 Å². The highest BCUT2D eigenvalue weighted by molar-refractivity contribution is 7.89. The van der Waals surface area contributed by atoms with Crippen LogP contribution in [0.3, 0.4) is 0 Å². The molecule has 0 aliphatic carbocycles. The highest BCUT2D eigenvalue weighted by Crippen LogP contribution is 2.09. The molecule has 0 amide bonds. The number of carboxylic acid groups (broad SMARTS) is 1. The quantitative estimate of drug-likeness (QED) is 0.824. The predicted molar refractivity (Wildman–Crippen MR) is 59.2 cm³/mol. The average Bonchev–Trinajstić information content (AvgIpc) is 2.00. The third kappa shape index (κ3) is 9.24. The SMILES string of the molecule is CS(C)(=O)=O.O=C(O)c1cccc(Cl)c1. The summed E-state index contributed by atoms with van der Waals surface area (Å²) in [5.74, 6) is -0.956. The van der Waals surface area contributed by atoms with Crippen molar-refractivity contribution >= 4 is 27.4 Å². The topological polar surface area (TPSA) is 71.4 Å². The minimum absolute atomic E-state index is 0.215. The van der Waals surface area contributed by atoms with Crippen molar-refractivity contribution in [3.8, 4) is 0 Å². The zero-order chi connectivity index (χ0) is 12.1. The third-order valence-corrected chi connectivity index (χ3v) is 1.31. The van der Waals surface area contributed by atoms with E-state index in [4.69, 9.17) is 16.7 Å². The van der Waals surface area contributed by atoms with Crippen LogP contribution in [-0.2, 0) is 9.84 Å². The third-order valence-electron chi connectivity index (χ3n) is 1.07. The van der Waals surface area contributed by atoms with Crippen molar-refractivity contribution in [2.75, 3.05) is 12.5 Å². The lowest BCUT2D eigenvalue weighted by Gasteiger charge is -1.92. The Hall–Kier alpha value is -1.07. The van der Waals surface area contributed by atoms with Gasteiger partial charge in [0.1, 0.15) is 9.84 Å². The summed E-state index contributed by atoms with van der Waals surface area (Å²) in [6.07, 6.45) is 2.32. The molecule has 6 heteroatoms. The summed E-state index contributed by atoms with van der Waals surface area (Å²) in [7, 11) is -2.67. The van der Waals surface area contributed by atoms with Crippen molar-refractivity contribution in [3.63, 3.8) is 0 Å². The first kappa shape index (κ1) is 13.9. The largest absolute Gasteiger partial charge is 0.478 e. The number of benzene rings is 1. The molecule has 0 fully saturated rings. The van der Waals surface area contributed by atoms with Gasteiger partial charge in [0, 0.05) is 17.5 Å². The van der Waals surface area contributed by atoms with Crippen molar-refractivity contribution in [1.82, 2.24) is 0 Å². The van der Waals surface area contributed by atoms with Crippen LogP contribution in [0.1, 0.15) is 10.4 Å². The fourth-order valence-electron chi connectivity index (χ4n) is 0.622. The lowest BCUT2D eigenvalue weighted by Crippen LogP contribution is -1.94. The van der Waals surface area contributed by atoms with Crippen LogP contribution >= 0.6 is 11.6 Å². The van der Waals surface area contributed by atoms with E-state index < -0.39 is 15.8 Å². The second-order valence-electron chi connectivity index (χ2n) is 2.96. The van der Waals surface area contributed by atoms with E-state index in [0.29, 0.717) is 5.02 Å². The van der Waals surface area contributed by atoms with Crippen LogP contribution in [0.25, 0.3) is 0 Å². The fraction of sp³-hybridized carbons (Fsp3) is 0.222. The van der Waals surface area contributed by atoms with Gasteiger partial charge in [-0.2, -0.15) is 0 Å². The number of carbonyl (C=O) groups is 1. The Morgan fingerprint density at radius 2 is 1.80 bits per heavy atom. The number of rotatable bonds is 1. The van der Waals surface area contributed by atoms with Gasteiger partial charge in [0.15, 0.2) is 0 Å². The van der Waals surface area contributed by atoms with E-state index in [0.717, 1.165) is 12.5 Å². The Labute approximate surface area is 93.4 Å². The van der Waals surface area contributed by atoms with Crippen LogP contribution < -0.4 is 0 Å². The molecule has 0 bridgehead atoms. The molecule has 0 spiro atoms. The monoisotopic (exact) mass is 250 g/mol. The van der Waals surface area contributed by atoms with Gasteiger partial charge in [0.05, 0.1) is 5.56 Å². The van der Waals surface area contributed by atoms with Crippen molar-refractivity contribution in [1.29, 1.82) is 0 Å². The Morgan fingerprint density at radius 1 is 1.33 bits per heavy atom. The summed E-state index contributed by atoms with van der Waals surface area (Å²) in [5, 5.41) is 8.89. The summed E-state index contributed by atoms with van der Waals surface area (Å²) in [4.78, 5) is 10.3. The second kappa shape index (κ2) is 5.72. The molecule has 0 radical (unpaired) electrons. The van der Waals surface area contributed by atoms with E-state index in [-0.39, 0.29) is 5.56 Å². The Bertz CT molecular complexity index is 431. The minimum atomic E-state index is -2.67. The van der Waals surface area contributed by atoms with Gasteiger partial charge in [0.25, 0.3) is 0 Å². The molecule has 0 saturated carbocycles. The number of halogens is 1. The maximum atomic E-state index is 10.3. The number of aromatic carboxylic acids is 1. The van der Waals surface area contributed by atoms with Gasteiger partial charge in [-0.15, -0.1) is 0 Å². The van der Waals surface area contributed by atoms with Crippen LogP contribution in [0.2, 0.25) is 5.02 Å². The number of hydrogen-bond donors (Lipinski definition) is 1. The molecule has 1 N–H and O–H groups in total. The van der Waals surface area contributed by atoms with Crippen molar-refractivity contribution < 1.29 is 18.3 Å². The van der Waals surface area contributed by atoms with Gasteiger partial charge in [0.2, 0.25) is 0 Å². The highest BCUT2D eigenvalue weighted by Gasteiger charge is 2.00. The molecule has 0 unspecified atom stereocenters. The molecule has 0 aliphatic heterocycles. The summed E-state index contributed by atoms with van der Waals surface area (Å²) in [5.41, 5.74) is 0.215. The molecule has 0 aliphatic rings. The first-order chi connectivity index (χ1) is 6.70. The molecule has 0 saturated heterocycles. The van der Waals surface area contributed by atoms with Crippen molar-refractivity contribution in [2.45, 2.75) is 0 Å².